The van der Waals surface area contributed by atoms with Gasteiger partial charge < -0.3 is 16.6 Å². The van der Waals surface area contributed by atoms with Crippen molar-refractivity contribution in [1.82, 2.24) is 14.8 Å². The summed E-state index contributed by atoms with van der Waals surface area (Å²) in [6, 6.07) is 9.88. The Morgan fingerprint density at radius 1 is 1.17 bits per heavy atom. The Labute approximate surface area is 173 Å². The molecule has 0 aliphatic heterocycles. The monoisotopic (exact) mass is 401 g/mol. The normalized spacial score (nSPS) is 22.9. The molecule has 0 spiro atoms. The Morgan fingerprint density at radius 3 is 2.67 bits per heavy atom. The summed E-state index contributed by atoms with van der Waals surface area (Å²) in [5, 5.41) is 15.2. The maximum absolute atomic E-state index is 12.2. The molecule has 0 saturated heterocycles. The number of amides is 1. The molecule has 2 heterocycles. The lowest BCUT2D eigenvalue weighted by Gasteiger charge is -2.32. The van der Waals surface area contributed by atoms with Crippen molar-refractivity contribution in [3.8, 4) is 11.3 Å². The van der Waals surface area contributed by atoms with Crippen LogP contribution in [0.2, 0.25) is 0 Å². The van der Waals surface area contributed by atoms with Gasteiger partial charge in [-0.2, -0.15) is 5.10 Å². The van der Waals surface area contributed by atoms with E-state index in [-0.39, 0.29) is 29.4 Å². The molecule has 7 nitrogen and oxygen atoms in total. The Bertz CT molecular complexity index is 1200. The quantitative estimate of drug-likeness (QED) is 0.620. The molecule has 1 unspecified atom stereocenters. The fourth-order valence-corrected chi connectivity index (χ4v) is 4.22. The van der Waals surface area contributed by atoms with Gasteiger partial charge in [0.1, 0.15) is 17.1 Å². The summed E-state index contributed by atoms with van der Waals surface area (Å²) < 4.78 is 1.62. The number of fused-ring (bicyclic) bond motifs is 1. The van der Waals surface area contributed by atoms with Crippen molar-refractivity contribution in [3.63, 3.8) is 0 Å². The number of aliphatic hydroxyl groups is 1. The van der Waals surface area contributed by atoms with Gasteiger partial charge in [-0.25, -0.2) is 4.68 Å². The zero-order chi connectivity index (χ0) is 20.8. The summed E-state index contributed by atoms with van der Waals surface area (Å²) in [7, 11) is 0. The number of rotatable bonds is 4. The second-order valence-electron chi connectivity index (χ2n) is 8.00. The van der Waals surface area contributed by atoms with Crippen molar-refractivity contribution in [2.45, 2.75) is 37.3 Å². The van der Waals surface area contributed by atoms with E-state index in [2.05, 4.69) is 29.4 Å². The number of anilines is 1. The average molecular weight is 401 g/mol. The zero-order valence-electron chi connectivity index (χ0n) is 16.4. The second-order valence-corrected chi connectivity index (χ2v) is 8.00. The van der Waals surface area contributed by atoms with Crippen LogP contribution in [0.4, 0.5) is 5.82 Å². The van der Waals surface area contributed by atoms with Gasteiger partial charge in [-0.1, -0.05) is 42.5 Å². The molecular weight excluding hydrogens is 378 g/mol. The molecule has 30 heavy (non-hydrogen) atoms. The number of carbonyl (C=O) groups is 1. The summed E-state index contributed by atoms with van der Waals surface area (Å²) in [6.07, 6.45) is 10.1. The van der Waals surface area contributed by atoms with E-state index in [1.807, 2.05) is 30.4 Å². The average Bonchev–Trinajstić information content (AvgIpc) is 3.08. The highest BCUT2D eigenvalue weighted by molar-refractivity contribution is 6.04. The molecular formula is C23H23N5O2. The molecule has 1 aromatic carbocycles. The highest BCUT2D eigenvalue weighted by Gasteiger charge is 2.33. The maximum atomic E-state index is 12.2. The van der Waals surface area contributed by atoms with Gasteiger partial charge in [0.2, 0.25) is 0 Å². The van der Waals surface area contributed by atoms with Crippen molar-refractivity contribution in [3.05, 3.63) is 65.9 Å². The first-order chi connectivity index (χ1) is 14.5. The standard InChI is InChI=1S/C23H23N5O2/c24-22-20(23(25)30)21(27-28(22)16-11-17(29)12-16)15-7-6-14-8-9-18(26-19(14)10-15)13-4-2-1-3-5-13/h1-4,6-10,13,16-17,29H,5,11-12,24H2,(H2,25,30). The first-order valence-electron chi connectivity index (χ1n) is 10.1. The third-order valence-electron chi connectivity index (χ3n) is 5.98. The Morgan fingerprint density at radius 2 is 1.97 bits per heavy atom. The van der Waals surface area contributed by atoms with Crippen molar-refractivity contribution in [2.75, 3.05) is 5.73 Å². The number of nitrogens with two attached hydrogens (primary N) is 2. The fourth-order valence-electron chi connectivity index (χ4n) is 4.22. The number of pyridine rings is 1. The number of primary amides is 1. The maximum Gasteiger partial charge on any atom is 0.254 e. The molecule has 1 fully saturated rings. The van der Waals surface area contributed by atoms with Gasteiger partial charge in [-0.05, 0) is 31.4 Å². The number of nitrogens with zero attached hydrogens (tertiary/aromatic N) is 3. The number of benzene rings is 1. The summed E-state index contributed by atoms with van der Waals surface area (Å²) in [4.78, 5) is 17.0. The summed E-state index contributed by atoms with van der Waals surface area (Å²) in [5.41, 5.74) is 15.1. The van der Waals surface area contributed by atoms with Crippen LogP contribution in [0, 0.1) is 0 Å². The smallest absolute Gasteiger partial charge is 0.254 e. The van der Waals surface area contributed by atoms with E-state index in [1.54, 1.807) is 4.68 Å². The van der Waals surface area contributed by atoms with Crippen LogP contribution in [0.15, 0.2) is 54.6 Å². The Kier molecular flexibility index (Phi) is 4.40. The summed E-state index contributed by atoms with van der Waals surface area (Å²) >= 11 is 0. The Balaban J connectivity index is 1.58. The van der Waals surface area contributed by atoms with Crippen molar-refractivity contribution >= 4 is 22.6 Å². The number of nitrogen functional groups attached to an aromatic ring is 1. The molecule has 0 radical (unpaired) electrons. The van der Waals surface area contributed by atoms with Gasteiger partial charge in [0, 0.05) is 22.6 Å². The molecule has 3 aromatic rings. The number of allylic oxidation sites excluding steroid dienone is 4. The largest absolute Gasteiger partial charge is 0.393 e. The molecule has 5 N–H and O–H groups in total. The lowest BCUT2D eigenvalue weighted by atomic mass is 9.90. The molecule has 1 amide bonds. The minimum absolute atomic E-state index is 0.0248. The van der Waals surface area contributed by atoms with Crippen LogP contribution < -0.4 is 11.5 Å². The predicted molar refractivity (Wildman–Crippen MR) is 116 cm³/mol. The zero-order valence-corrected chi connectivity index (χ0v) is 16.4. The van der Waals surface area contributed by atoms with Gasteiger partial charge in [-0.15, -0.1) is 0 Å². The lowest BCUT2D eigenvalue weighted by Crippen LogP contribution is -2.32. The number of hydrogen-bond donors (Lipinski definition) is 3. The molecule has 1 atom stereocenters. The molecule has 7 heteroatoms. The van der Waals surface area contributed by atoms with Gasteiger partial charge >= 0.3 is 0 Å². The van der Waals surface area contributed by atoms with E-state index in [1.165, 1.54) is 0 Å². The van der Waals surface area contributed by atoms with E-state index in [0.29, 0.717) is 18.5 Å². The van der Waals surface area contributed by atoms with Crippen LogP contribution in [0.3, 0.4) is 0 Å². The first-order valence-corrected chi connectivity index (χ1v) is 10.1. The first kappa shape index (κ1) is 18.6. The molecule has 2 aliphatic carbocycles. The van der Waals surface area contributed by atoms with E-state index < -0.39 is 5.91 Å². The van der Waals surface area contributed by atoms with Crippen LogP contribution in [0.5, 0.6) is 0 Å². The van der Waals surface area contributed by atoms with Crippen molar-refractivity contribution < 1.29 is 9.90 Å². The van der Waals surface area contributed by atoms with Gasteiger partial charge in [0.25, 0.3) is 5.91 Å². The third kappa shape index (κ3) is 3.07. The van der Waals surface area contributed by atoms with Gasteiger partial charge in [0.05, 0.1) is 17.7 Å². The number of aromatic nitrogens is 3. The molecule has 152 valence electrons. The minimum Gasteiger partial charge on any atom is -0.393 e. The van der Waals surface area contributed by atoms with Crippen molar-refractivity contribution in [1.29, 1.82) is 0 Å². The van der Waals surface area contributed by atoms with Crippen molar-refractivity contribution in [2.24, 2.45) is 5.73 Å². The SMILES string of the molecule is NC(=O)c1c(-c2ccc3ccc(C4C=CC=CC4)nc3c2)nn(C2CC(O)C2)c1N. The van der Waals surface area contributed by atoms with Crippen LogP contribution in [0.1, 0.15) is 47.3 Å². The van der Waals surface area contributed by atoms with E-state index in [0.717, 1.165) is 28.6 Å². The predicted octanol–water partition coefficient (Wildman–Crippen LogP) is 3.07. The third-order valence-corrected chi connectivity index (χ3v) is 5.98. The second kappa shape index (κ2) is 7.11. The molecule has 5 rings (SSSR count). The molecule has 1 saturated carbocycles. The van der Waals surface area contributed by atoms with Crippen LogP contribution in [-0.4, -0.2) is 31.9 Å². The van der Waals surface area contributed by atoms with E-state index in [4.69, 9.17) is 16.5 Å². The molecule has 2 aliphatic rings. The number of aliphatic hydroxyl groups excluding tert-OH is 1. The van der Waals surface area contributed by atoms with Gasteiger partial charge in [-0.3, -0.25) is 9.78 Å². The van der Waals surface area contributed by atoms with Crippen LogP contribution in [-0.2, 0) is 0 Å². The Hall–Kier alpha value is -3.45. The molecule has 0 bridgehead atoms. The lowest BCUT2D eigenvalue weighted by molar-refractivity contribution is 0.0445. The summed E-state index contributed by atoms with van der Waals surface area (Å²) in [6.45, 7) is 0. The summed E-state index contributed by atoms with van der Waals surface area (Å²) in [5.74, 6) is -0.117. The number of hydrogen-bond acceptors (Lipinski definition) is 5. The van der Waals surface area contributed by atoms with Crippen LogP contribution >= 0.6 is 0 Å². The highest BCUT2D eigenvalue weighted by atomic mass is 16.3. The minimum atomic E-state index is -0.616. The van der Waals surface area contributed by atoms with E-state index in [9.17, 15) is 9.90 Å². The van der Waals surface area contributed by atoms with Crippen LogP contribution in [0.25, 0.3) is 22.2 Å². The molecule has 2 aromatic heterocycles. The topological polar surface area (TPSA) is 120 Å². The number of carbonyl (C=O) groups excluding carboxylic acids is 1. The van der Waals surface area contributed by atoms with Gasteiger partial charge in [0.15, 0.2) is 0 Å². The van der Waals surface area contributed by atoms with E-state index >= 15 is 0 Å². The fraction of sp³-hybridized carbons (Fsp3) is 0.261. The highest BCUT2D eigenvalue weighted by Crippen LogP contribution is 2.37.